The molecule has 1 heterocycles. The number of amides is 1. The fourth-order valence-electron chi connectivity index (χ4n) is 2.38. The van der Waals surface area contributed by atoms with Crippen LogP contribution in [0.3, 0.4) is 0 Å². The maximum absolute atomic E-state index is 13.1. The molecule has 0 fully saturated rings. The Morgan fingerprint density at radius 2 is 1.84 bits per heavy atom. The van der Waals surface area contributed by atoms with Gasteiger partial charge in [-0.25, -0.2) is 9.07 Å². The molecule has 5 nitrogen and oxygen atoms in total. The number of hydrogen-bond donors (Lipinski definition) is 1. The summed E-state index contributed by atoms with van der Waals surface area (Å²) in [6.45, 7) is 0.432. The smallest absolute Gasteiger partial charge is 0.266 e. The van der Waals surface area contributed by atoms with Gasteiger partial charge >= 0.3 is 0 Å². The highest BCUT2D eigenvalue weighted by Crippen LogP contribution is 2.13. The number of halogens is 1. The molecule has 3 rings (SSSR count). The lowest BCUT2D eigenvalue weighted by Crippen LogP contribution is -2.32. The van der Waals surface area contributed by atoms with E-state index < -0.39 is 11.7 Å². The predicted molar refractivity (Wildman–Crippen MR) is 92.7 cm³/mol. The van der Waals surface area contributed by atoms with Crippen LogP contribution in [0.15, 0.2) is 71.5 Å². The minimum Gasteiger partial charge on any atom is -0.350 e. The molecule has 0 saturated carbocycles. The van der Waals surface area contributed by atoms with Crippen molar-refractivity contribution in [2.45, 2.75) is 6.54 Å². The van der Waals surface area contributed by atoms with Crippen molar-refractivity contribution in [1.82, 2.24) is 15.1 Å². The number of carbonyl (C=O) groups is 1. The van der Waals surface area contributed by atoms with Gasteiger partial charge in [-0.1, -0.05) is 36.4 Å². The van der Waals surface area contributed by atoms with Gasteiger partial charge in [0.15, 0.2) is 0 Å². The van der Waals surface area contributed by atoms with E-state index in [9.17, 15) is 14.0 Å². The molecule has 1 amide bonds. The van der Waals surface area contributed by atoms with Crippen LogP contribution in [-0.2, 0) is 6.54 Å². The van der Waals surface area contributed by atoms with Gasteiger partial charge in [-0.2, -0.15) is 5.10 Å². The Labute approximate surface area is 143 Å². The lowest BCUT2D eigenvalue weighted by molar-refractivity contribution is 0.0951. The van der Waals surface area contributed by atoms with Gasteiger partial charge in [0.05, 0.1) is 12.2 Å². The fourth-order valence-corrected chi connectivity index (χ4v) is 2.38. The summed E-state index contributed by atoms with van der Waals surface area (Å²) in [6.07, 6.45) is 0. The summed E-state index contributed by atoms with van der Waals surface area (Å²) < 4.78 is 14.4. The summed E-state index contributed by atoms with van der Waals surface area (Å²) in [5.74, 6) is -0.868. The quantitative estimate of drug-likeness (QED) is 0.778. The highest BCUT2D eigenvalue weighted by Gasteiger charge is 2.07. The van der Waals surface area contributed by atoms with Gasteiger partial charge in [0.25, 0.3) is 11.5 Å². The SMILES string of the molecule is O=C(NCCn1nc(-c2ccccc2)ccc1=O)c1cccc(F)c1. The van der Waals surface area contributed by atoms with Crippen molar-refractivity contribution in [2.24, 2.45) is 0 Å². The van der Waals surface area contributed by atoms with E-state index in [1.54, 1.807) is 6.07 Å². The van der Waals surface area contributed by atoms with Crippen molar-refractivity contribution in [1.29, 1.82) is 0 Å². The highest BCUT2D eigenvalue weighted by molar-refractivity contribution is 5.94. The van der Waals surface area contributed by atoms with Crippen LogP contribution in [0.25, 0.3) is 11.3 Å². The summed E-state index contributed by atoms with van der Waals surface area (Å²) in [7, 11) is 0. The molecule has 0 radical (unpaired) electrons. The maximum atomic E-state index is 13.1. The second-order valence-corrected chi connectivity index (χ2v) is 5.41. The Kier molecular flexibility index (Phi) is 4.99. The zero-order chi connectivity index (χ0) is 17.6. The van der Waals surface area contributed by atoms with Crippen LogP contribution in [0.2, 0.25) is 0 Å². The van der Waals surface area contributed by atoms with Gasteiger partial charge in [0.2, 0.25) is 0 Å². The predicted octanol–water partition coefficient (Wildman–Crippen LogP) is 2.48. The largest absolute Gasteiger partial charge is 0.350 e. The summed E-state index contributed by atoms with van der Waals surface area (Å²) >= 11 is 0. The Bertz CT molecular complexity index is 939. The van der Waals surface area contributed by atoms with Crippen LogP contribution in [-0.4, -0.2) is 22.2 Å². The monoisotopic (exact) mass is 337 g/mol. The standard InChI is InChI=1S/C19H16FN3O2/c20-16-8-4-7-15(13-16)19(25)21-11-12-23-18(24)10-9-17(22-23)14-5-2-1-3-6-14/h1-10,13H,11-12H2,(H,21,25). The first-order valence-electron chi connectivity index (χ1n) is 7.81. The fraction of sp³-hybridized carbons (Fsp3) is 0.105. The average Bonchev–Trinajstić information content (AvgIpc) is 2.64. The normalized spacial score (nSPS) is 10.4. The summed E-state index contributed by atoms with van der Waals surface area (Å²) in [5.41, 5.74) is 1.56. The molecule has 0 unspecified atom stereocenters. The average molecular weight is 337 g/mol. The molecule has 0 spiro atoms. The van der Waals surface area contributed by atoms with Crippen molar-refractivity contribution < 1.29 is 9.18 Å². The van der Waals surface area contributed by atoms with Crippen LogP contribution in [0.1, 0.15) is 10.4 Å². The lowest BCUT2D eigenvalue weighted by atomic mass is 10.1. The molecule has 0 aliphatic carbocycles. The molecule has 25 heavy (non-hydrogen) atoms. The summed E-state index contributed by atoms with van der Waals surface area (Å²) in [4.78, 5) is 23.9. The first-order valence-corrected chi connectivity index (χ1v) is 7.81. The van der Waals surface area contributed by atoms with Crippen LogP contribution < -0.4 is 10.9 Å². The van der Waals surface area contributed by atoms with E-state index >= 15 is 0 Å². The Balaban J connectivity index is 1.67. The first-order chi connectivity index (χ1) is 12.1. The summed E-state index contributed by atoms with van der Waals surface area (Å²) in [6, 6.07) is 18.1. The molecule has 0 bridgehead atoms. The van der Waals surface area contributed by atoms with E-state index in [0.717, 1.165) is 11.6 Å². The molecule has 0 aliphatic rings. The van der Waals surface area contributed by atoms with E-state index in [1.165, 1.54) is 28.9 Å². The topological polar surface area (TPSA) is 64.0 Å². The molecule has 0 saturated heterocycles. The van der Waals surface area contributed by atoms with Crippen molar-refractivity contribution in [3.63, 3.8) is 0 Å². The number of carbonyl (C=O) groups excluding carboxylic acids is 1. The van der Waals surface area contributed by atoms with Gasteiger partial charge in [-0.05, 0) is 24.3 Å². The van der Waals surface area contributed by atoms with E-state index in [1.807, 2.05) is 30.3 Å². The van der Waals surface area contributed by atoms with Crippen molar-refractivity contribution in [3.8, 4) is 11.3 Å². The second kappa shape index (κ2) is 7.53. The molecule has 2 aromatic carbocycles. The molecule has 3 aromatic rings. The van der Waals surface area contributed by atoms with Gasteiger partial charge in [-0.3, -0.25) is 9.59 Å². The summed E-state index contributed by atoms with van der Waals surface area (Å²) in [5, 5.41) is 6.97. The molecule has 126 valence electrons. The molecular formula is C19H16FN3O2. The van der Waals surface area contributed by atoms with E-state index in [2.05, 4.69) is 10.4 Å². The number of aromatic nitrogens is 2. The second-order valence-electron chi connectivity index (χ2n) is 5.41. The third-order valence-electron chi connectivity index (χ3n) is 3.63. The van der Waals surface area contributed by atoms with E-state index in [-0.39, 0.29) is 24.2 Å². The van der Waals surface area contributed by atoms with E-state index in [4.69, 9.17) is 0 Å². The number of hydrogen-bond acceptors (Lipinski definition) is 3. The van der Waals surface area contributed by atoms with Crippen LogP contribution in [0.4, 0.5) is 4.39 Å². The van der Waals surface area contributed by atoms with E-state index in [0.29, 0.717) is 5.69 Å². The lowest BCUT2D eigenvalue weighted by Gasteiger charge is -2.08. The number of nitrogens with one attached hydrogen (secondary N) is 1. The van der Waals surface area contributed by atoms with Crippen molar-refractivity contribution >= 4 is 5.91 Å². The van der Waals surface area contributed by atoms with Crippen molar-refractivity contribution in [2.75, 3.05) is 6.54 Å². The van der Waals surface area contributed by atoms with Gasteiger partial charge in [0.1, 0.15) is 5.82 Å². The van der Waals surface area contributed by atoms with Crippen LogP contribution in [0.5, 0.6) is 0 Å². The molecule has 1 aromatic heterocycles. The Morgan fingerprint density at radius 3 is 2.60 bits per heavy atom. The first kappa shape index (κ1) is 16.6. The van der Waals surface area contributed by atoms with Gasteiger partial charge in [0, 0.05) is 23.7 Å². The molecule has 1 N–H and O–H groups in total. The number of benzene rings is 2. The third-order valence-corrected chi connectivity index (χ3v) is 3.63. The molecule has 6 heteroatoms. The number of rotatable bonds is 5. The minimum absolute atomic E-state index is 0.209. The van der Waals surface area contributed by atoms with Gasteiger partial charge in [-0.15, -0.1) is 0 Å². The highest BCUT2D eigenvalue weighted by atomic mass is 19.1. The van der Waals surface area contributed by atoms with Crippen LogP contribution >= 0.6 is 0 Å². The minimum atomic E-state index is -0.471. The maximum Gasteiger partial charge on any atom is 0.266 e. The zero-order valence-corrected chi connectivity index (χ0v) is 13.4. The van der Waals surface area contributed by atoms with Crippen LogP contribution in [0, 0.1) is 5.82 Å². The zero-order valence-electron chi connectivity index (χ0n) is 13.4. The molecular weight excluding hydrogens is 321 g/mol. The van der Waals surface area contributed by atoms with Gasteiger partial charge < -0.3 is 5.32 Å². The van der Waals surface area contributed by atoms with Crippen molar-refractivity contribution in [3.05, 3.63) is 88.5 Å². The molecule has 0 aliphatic heterocycles. The Hall–Kier alpha value is -3.28. The Morgan fingerprint density at radius 1 is 1.04 bits per heavy atom. The molecule has 0 atom stereocenters. The number of nitrogens with zero attached hydrogens (tertiary/aromatic N) is 2. The third kappa shape index (κ3) is 4.17.